The first-order chi connectivity index (χ1) is 6.86. The molecule has 0 radical (unpaired) electrons. The Balaban J connectivity index is 0.000000140. The fraction of sp³-hybridized carbons (Fsp3) is 0. The summed E-state index contributed by atoms with van der Waals surface area (Å²) in [6.07, 6.45) is 5.63. The van der Waals surface area contributed by atoms with Crippen molar-refractivity contribution >= 4 is 12.6 Å². The maximum absolute atomic E-state index is 9.80. The summed E-state index contributed by atoms with van der Waals surface area (Å²) in [5.74, 6) is 0. The lowest BCUT2D eigenvalue weighted by Crippen LogP contribution is -1.75. The van der Waals surface area contributed by atoms with Crippen LogP contribution in [0.5, 0.6) is 0 Å². The molecule has 0 fully saturated rings. The minimum absolute atomic E-state index is 0.333. The number of carbonyl (C=O) groups excluding carboxylic acids is 2. The van der Waals surface area contributed by atoms with E-state index >= 15 is 0 Å². The molecule has 0 amide bonds. The summed E-state index contributed by atoms with van der Waals surface area (Å²) in [4.78, 5) is 25.8. The lowest BCUT2D eigenvalue weighted by atomic mass is 10.6. The van der Waals surface area contributed by atoms with Crippen LogP contribution in [0.15, 0.2) is 18.7 Å². The predicted molar refractivity (Wildman–Crippen MR) is 45.7 cm³/mol. The van der Waals surface area contributed by atoms with E-state index in [1.165, 1.54) is 18.7 Å². The lowest BCUT2D eigenvalue weighted by Gasteiger charge is -1.67. The molecule has 7 nitrogen and oxygen atoms in total. The first-order valence-electron chi connectivity index (χ1n) is 3.61. The number of aromatic amines is 2. The number of H-pyrrole nitrogens is 2. The first-order valence-corrected chi connectivity index (χ1v) is 3.61. The minimum Gasteiger partial charge on any atom is -0.342 e. The molecule has 0 aliphatic rings. The van der Waals surface area contributed by atoms with Crippen LogP contribution in [0.1, 0.15) is 21.0 Å². The number of aromatic nitrogens is 5. The van der Waals surface area contributed by atoms with Crippen LogP contribution in [0, 0.1) is 0 Å². The Labute approximate surface area is 78.6 Å². The number of hydrogen-bond donors (Lipinski definition) is 2. The van der Waals surface area contributed by atoms with Crippen molar-refractivity contribution in [1.29, 1.82) is 0 Å². The molecule has 0 saturated carbocycles. The number of nitrogens with one attached hydrogen (secondary N) is 2. The van der Waals surface area contributed by atoms with E-state index in [-0.39, 0.29) is 0 Å². The van der Waals surface area contributed by atoms with Crippen molar-refractivity contribution in [3.63, 3.8) is 0 Å². The molecule has 0 aromatic carbocycles. The van der Waals surface area contributed by atoms with Gasteiger partial charge in [0.05, 0.1) is 24.4 Å². The first kappa shape index (κ1) is 9.78. The van der Waals surface area contributed by atoms with Gasteiger partial charge in [0, 0.05) is 0 Å². The van der Waals surface area contributed by atoms with Crippen LogP contribution in [0.3, 0.4) is 0 Å². The number of imidazole rings is 1. The van der Waals surface area contributed by atoms with Gasteiger partial charge in [0.2, 0.25) is 0 Å². The van der Waals surface area contributed by atoms with Crippen LogP contribution < -0.4 is 0 Å². The molecule has 0 saturated heterocycles. The normalized spacial score (nSPS) is 8.57. The van der Waals surface area contributed by atoms with Crippen molar-refractivity contribution in [2.75, 3.05) is 0 Å². The number of carbonyl (C=O) groups is 2. The van der Waals surface area contributed by atoms with Crippen LogP contribution in [-0.2, 0) is 0 Å². The summed E-state index contributed by atoms with van der Waals surface area (Å²) in [6.45, 7) is 0. The van der Waals surface area contributed by atoms with Crippen LogP contribution >= 0.6 is 0 Å². The zero-order chi connectivity index (χ0) is 10.2. The van der Waals surface area contributed by atoms with E-state index in [4.69, 9.17) is 0 Å². The van der Waals surface area contributed by atoms with Gasteiger partial charge in [0.25, 0.3) is 0 Å². The van der Waals surface area contributed by atoms with Gasteiger partial charge in [-0.1, -0.05) is 0 Å². The van der Waals surface area contributed by atoms with Gasteiger partial charge in [0.1, 0.15) is 5.69 Å². The van der Waals surface area contributed by atoms with Crippen LogP contribution in [0.2, 0.25) is 0 Å². The summed E-state index contributed by atoms with van der Waals surface area (Å²) in [5.41, 5.74) is 0.847. The molecule has 2 aromatic heterocycles. The average Bonchev–Trinajstić information content (AvgIpc) is 2.92. The molecular formula is C7H7N5O2. The second-order valence-corrected chi connectivity index (χ2v) is 2.14. The van der Waals surface area contributed by atoms with Crippen LogP contribution in [0.25, 0.3) is 0 Å². The third-order valence-electron chi connectivity index (χ3n) is 1.20. The molecule has 0 aliphatic carbocycles. The topological polar surface area (TPSA) is 104 Å². The molecule has 0 aliphatic heterocycles. The van der Waals surface area contributed by atoms with Gasteiger partial charge < -0.3 is 4.98 Å². The summed E-state index contributed by atoms with van der Waals surface area (Å²) >= 11 is 0. The molecule has 72 valence electrons. The predicted octanol–water partition coefficient (Wildman–Crippen LogP) is -0.161. The van der Waals surface area contributed by atoms with Crippen molar-refractivity contribution in [1.82, 2.24) is 25.4 Å². The second kappa shape index (κ2) is 5.36. The van der Waals surface area contributed by atoms with Gasteiger partial charge in [-0.2, -0.15) is 15.4 Å². The summed E-state index contributed by atoms with van der Waals surface area (Å²) in [5, 5.41) is 9.11. The molecule has 7 heteroatoms. The van der Waals surface area contributed by atoms with Crippen LogP contribution in [-0.4, -0.2) is 38.0 Å². The maximum atomic E-state index is 9.80. The number of nitrogens with zero attached hydrogens (tertiary/aromatic N) is 3. The zero-order valence-electron chi connectivity index (χ0n) is 7.04. The molecule has 0 spiro atoms. The van der Waals surface area contributed by atoms with Crippen LogP contribution in [0.4, 0.5) is 0 Å². The Morgan fingerprint density at radius 2 is 2.07 bits per heavy atom. The van der Waals surface area contributed by atoms with Crippen molar-refractivity contribution in [2.24, 2.45) is 0 Å². The lowest BCUT2D eigenvalue weighted by molar-refractivity contribution is 0.111. The molecule has 0 atom stereocenters. The average molecular weight is 193 g/mol. The van der Waals surface area contributed by atoms with Crippen molar-refractivity contribution < 1.29 is 9.59 Å². The SMILES string of the molecule is O=Cc1cn[nH]n1.O=Cc1cnc[nH]1. The third-order valence-corrected chi connectivity index (χ3v) is 1.20. The minimum atomic E-state index is 0.333. The standard InChI is InChI=1S/C4H4N2O.C3H3N3O/c7-2-4-1-5-3-6-4;7-2-3-1-4-6-5-3/h1-3H,(H,5,6);1-2H,(H,4,5,6). The molecule has 0 unspecified atom stereocenters. The summed E-state index contributed by atoms with van der Waals surface area (Å²) < 4.78 is 0. The highest BCUT2D eigenvalue weighted by Gasteiger charge is 1.85. The fourth-order valence-corrected chi connectivity index (χ4v) is 0.598. The van der Waals surface area contributed by atoms with E-state index in [0.29, 0.717) is 24.0 Å². The van der Waals surface area contributed by atoms with E-state index in [0.717, 1.165) is 0 Å². The highest BCUT2D eigenvalue weighted by molar-refractivity contribution is 5.70. The molecule has 2 heterocycles. The summed E-state index contributed by atoms with van der Waals surface area (Å²) in [6, 6.07) is 0. The van der Waals surface area contributed by atoms with Gasteiger partial charge in [-0.3, -0.25) is 9.59 Å². The van der Waals surface area contributed by atoms with Gasteiger partial charge in [-0.15, -0.1) is 0 Å². The van der Waals surface area contributed by atoms with Gasteiger partial charge in [-0.05, 0) is 0 Å². The van der Waals surface area contributed by atoms with Crippen molar-refractivity contribution in [2.45, 2.75) is 0 Å². The zero-order valence-corrected chi connectivity index (χ0v) is 7.04. The Morgan fingerprint density at radius 1 is 1.21 bits per heavy atom. The van der Waals surface area contributed by atoms with E-state index in [9.17, 15) is 9.59 Å². The van der Waals surface area contributed by atoms with E-state index < -0.39 is 0 Å². The molecule has 2 N–H and O–H groups in total. The van der Waals surface area contributed by atoms with E-state index in [1.807, 2.05) is 0 Å². The Kier molecular flexibility index (Phi) is 3.74. The summed E-state index contributed by atoms with van der Waals surface area (Å²) in [7, 11) is 0. The van der Waals surface area contributed by atoms with Gasteiger partial charge in [-0.25, -0.2) is 4.98 Å². The molecule has 14 heavy (non-hydrogen) atoms. The van der Waals surface area contributed by atoms with Crippen molar-refractivity contribution in [3.8, 4) is 0 Å². The monoisotopic (exact) mass is 193 g/mol. The maximum Gasteiger partial charge on any atom is 0.171 e. The second-order valence-electron chi connectivity index (χ2n) is 2.14. The van der Waals surface area contributed by atoms with E-state index in [1.54, 1.807) is 0 Å². The number of aldehydes is 2. The molecule has 0 bridgehead atoms. The fourth-order valence-electron chi connectivity index (χ4n) is 0.598. The molecule has 2 rings (SSSR count). The Morgan fingerprint density at radius 3 is 2.36 bits per heavy atom. The molecule has 2 aromatic rings. The largest absolute Gasteiger partial charge is 0.342 e. The smallest absolute Gasteiger partial charge is 0.171 e. The highest BCUT2D eigenvalue weighted by Crippen LogP contribution is 1.80. The Hall–Kier alpha value is -2.31. The number of hydrogen-bond acceptors (Lipinski definition) is 5. The molecular weight excluding hydrogens is 186 g/mol. The van der Waals surface area contributed by atoms with E-state index in [2.05, 4.69) is 25.4 Å². The Bertz CT molecular complexity index is 328. The highest BCUT2D eigenvalue weighted by atomic mass is 16.1. The quantitative estimate of drug-likeness (QED) is 0.645. The van der Waals surface area contributed by atoms with Gasteiger partial charge >= 0.3 is 0 Å². The van der Waals surface area contributed by atoms with Crippen molar-refractivity contribution in [3.05, 3.63) is 30.1 Å². The third kappa shape index (κ3) is 2.97. The number of rotatable bonds is 2. The van der Waals surface area contributed by atoms with Gasteiger partial charge in [0.15, 0.2) is 12.6 Å².